The Kier molecular flexibility index (Phi) is 5.64. The molecule has 7 rings (SSSR count). The second kappa shape index (κ2) is 9.42. The molecule has 1 aromatic carbocycles. The van der Waals surface area contributed by atoms with E-state index in [4.69, 9.17) is 9.72 Å². The number of hydrogen-bond donors (Lipinski definition) is 2. The van der Waals surface area contributed by atoms with E-state index in [0.717, 1.165) is 62.3 Å². The molecule has 6 heterocycles. The molecule has 0 unspecified atom stereocenters. The van der Waals surface area contributed by atoms with Crippen LogP contribution in [0.1, 0.15) is 12.8 Å². The van der Waals surface area contributed by atoms with E-state index in [9.17, 15) is 0 Å². The molecule has 0 spiro atoms. The second-order valence-corrected chi connectivity index (χ2v) is 10.1. The molecule has 1 saturated heterocycles. The highest BCUT2D eigenvalue weighted by atomic mass is 32.1. The molecule has 8 nitrogen and oxygen atoms in total. The molecule has 0 amide bonds. The molecule has 1 aliphatic rings. The Morgan fingerprint density at radius 2 is 1.95 bits per heavy atom. The first-order chi connectivity index (χ1) is 18.3. The molecule has 0 atom stereocenters. The number of likely N-dealkylation sites (tertiary alicyclic amines) is 1. The third-order valence-electron chi connectivity index (χ3n) is 6.93. The van der Waals surface area contributed by atoms with Crippen molar-refractivity contribution < 1.29 is 4.74 Å². The minimum atomic E-state index is 0.670. The average molecular weight is 508 g/mol. The number of rotatable bonds is 7. The van der Waals surface area contributed by atoms with Crippen molar-refractivity contribution >= 4 is 33.4 Å². The normalized spacial score (nSPS) is 14.2. The molecule has 9 heteroatoms. The molecule has 1 aliphatic heterocycles. The lowest BCUT2D eigenvalue weighted by Gasteiger charge is -2.15. The maximum absolute atomic E-state index is 6.03. The quantitative estimate of drug-likeness (QED) is 0.285. The topological polar surface area (TPSA) is 95.6 Å². The maximum Gasteiger partial charge on any atom is 0.160 e. The van der Waals surface area contributed by atoms with Crippen molar-refractivity contribution in [3.63, 3.8) is 0 Å². The largest absolute Gasteiger partial charge is 0.491 e. The fourth-order valence-corrected chi connectivity index (χ4v) is 5.66. The Morgan fingerprint density at radius 3 is 2.84 bits per heavy atom. The molecule has 0 radical (unpaired) electrons. The van der Waals surface area contributed by atoms with Crippen molar-refractivity contribution in [3.05, 3.63) is 65.7 Å². The van der Waals surface area contributed by atoms with E-state index in [0.29, 0.717) is 12.4 Å². The van der Waals surface area contributed by atoms with Crippen LogP contribution in [0.4, 0.5) is 0 Å². The number of fused-ring (bicyclic) bond motifs is 2. The number of nitrogens with one attached hydrogen (secondary N) is 2. The zero-order valence-electron chi connectivity index (χ0n) is 20.1. The third kappa shape index (κ3) is 4.26. The Labute approximate surface area is 217 Å². The highest BCUT2D eigenvalue weighted by Gasteiger charge is 2.17. The van der Waals surface area contributed by atoms with Crippen LogP contribution in [-0.2, 0) is 0 Å². The van der Waals surface area contributed by atoms with Gasteiger partial charge in [-0.1, -0.05) is 6.07 Å². The molecule has 6 aromatic rings. The lowest BCUT2D eigenvalue weighted by molar-refractivity contribution is 0.237. The minimum absolute atomic E-state index is 0.670. The van der Waals surface area contributed by atoms with Crippen molar-refractivity contribution in [1.82, 2.24) is 35.0 Å². The van der Waals surface area contributed by atoms with Gasteiger partial charge in [-0.05, 0) is 78.2 Å². The van der Waals surface area contributed by atoms with Gasteiger partial charge in [0.05, 0.1) is 11.7 Å². The third-order valence-corrected chi connectivity index (χ3v) is 7.61. The van der Waals surface area contributed by atoms with Gasteiger partial charge >= 0.3 is 0 Å². The fraction of sp³-hybridized carbons (Fsp3) is 0.214. The monoisotopic (exact) mass is 507 g/mol. The molecule has 0 aliphatic carbocycles. The van der Waals surface area contributed by atoms with E-state index in [1.54, 1.807) is 17.5 Å². The summed E-state index contributed by atoms with van der Waals surface area (Å²) < 4.78 is 6.03. The minimum Gasteiger partial charge on any atom is -0.491 e. The first-order valence-corrected chi connectivity index (χ1v) is 13.4. The number of aromatic nitrogens is 6. The Hall–Kier alpha value is -4.08. The van der Waals surface area contributed by atoms with E-state index in [1.807, 2.05) is 24.5 Å². The van der Waals surface area contributed by atoms with Gasteiger partial charge in [0.1, 0.15) is 23.6 Å². The number of aromatic amines is 2. The van der Waals surface area contributed by atoms with Gasteiger partial charge in [0.25, 0.3) is 0 Å². The zero-order chi connectivity index (χ0) is 24.6. The van der Waals surface area contributed by atoms with Gasteiger partial charge < -0.3 is 9.72 Å². The van der Waals surface area contributed by atoms with E-state index in [-0.39, 0.29) is 0 Å². The molecule has 184 valence electrons. The van der Waals surface area contributed by atoms with Gasteiger partial charge in [0.15, 0.2) is 11.5 Å². The fourth-order valence-electron chi connectivity index (χ4n) is 5.00. The molecule has 1 fully saturated rings. The number of imidazole rings is 1. The molecule has 2 N–H and O–H groups in total. The van der Waals surface area contributed by atoms with Crippen LogP contribution < -0.4 is 4.74 Å². The van der Waals surface area contributed by atoms with Crippen molar-refractivity contribution in [2.75, 3.05) is 26.2 Å². The summed E-state index contributed by atoms with van der Waals surface area (Å²) in [5, 5.41) is 12.9. The van der Waals surface area contributed by atoms with Crippen LogP contribution in [0.25, 0.3) is 55.8 Å². The number of ether oxygens (including phenoxy) is 1. The second-order valence-electron chi connectivity index (χ2n) is 9.29. The van der Waals surface area contributed by atoms with Crippen LogP contribution in [0, 0.1) is 0 Å². The van der Waals surface area contributed by atoms with E-state index in [2.05, 4.69) is 65.1 Å². The molecular formula is C28H25N7OS. The van der Waals surface area contributed by atoms with Crippen molar-refractivity contribution in [2.24, 2.45) is 0 Å². The van der Waals surface area contributed by atoms with Crippen LogP contribution in [0.15, 0.2) is 65.7 Å². The summed E-state index contributed by atoms with van der Waals surface area (Å²) in [6, 6.07) is 12.4. The summed E-state index contributed by atoms with van der Waals surface area (Å²) in [5.74, 6) is 1.47. The summed E-state index contributed by atoms with van der Waals surface area (Å²) in [6.07, 6.45) is 8.03. The Bertz CT molecular complexity index is 1680. The van der Waals surface area contributed by atoms with E-state index in [1.165, 1.54) is 25.9 Å². The van der Waals surface area contributed by atoms with Gasteiger partial charge in [-0.3, -0.25) is 15.0 Å². The summed E-state index contributed by atoms with van der Waals surface area (Å²) in [5.41, 5.74) is 7.52. The van der Waals surface area contributed by atoms with Crippen LogP contribution in [0.2, 0.25) is 0 Å². The number of H-pyrrole nitrogens is 2. The van der Waals surface area contributed by atoms with E-state index < -0.39 is 0 Å². The van der Waals surface area contributed by atoms with Crippen LogP contribution in [-0.4, -0.2) is 61.3 Å². The maximum atomic E-state index is 6.03. The summed E-state index contributed by atoms with van der Waals surface area (Å²) >= 11 is 1.67. The zero-order valence-corrected chi connectivity index (χ0v) is 21.0. The SMILES string of the molecule is c1cc(-c2ccsc2)c2nc(-c3n[nH]c4ccc(-c5cncc(OCCN6CCCC6)c5)cc34)[nH]c2n1. The molecule has 37 heavy (non-hydrogen) atoms. The summed E-state index contributed by atoms with van der Waals surface area (Å²) in [4.78, 5) is 19.7. The molecule has 0 saturated carbocycles. The molecule has 0 bridgehead atoms. The number of pyridine rings is 2. The molecular weight excluding hydrogens is 482 g/mol. The number of thiophene rings is 1. The van der Waals surface area contributed by atoms with Crippen LogP contribution in [0.5, 0.6) is 5.75 Å². The van der Waals surface area contributed by atoms with Crippen molar-refractivity contribution in [1.29, 1.82) is 0 Å². The van der Waals surface area contributed by atoms with Crippen molar-refractivity contribution in [2.45, 2.75) is 12.8 Å². The standard InChI is InChI=1S/C28H25N7OS/c1-2-9-35(8-1)10-11-36-21-13-20(15-29-16-21)18-3-4-24-23(14-18)26(34-33-24)28-31-25-22(19-6-12-37-17-19)5-7-30-27(25)32-28/h3-7,12-17H,1-2,8-11H2,(H,33,34)(H,30,31,32). The number of hydrogen-bond acceptors (Lipinski definition) is 7. The lowest BCUT2D eigenvalue weighted by atomic mass is 10.0. The summed E-state index contributed by atoms with van der Waals surface area (Å²) in [6.45, 7) is 3.97. The average Bonchev–Trinajstić information content (AvgIpc) is 3.74. The highest BCUT2D eigenvalue weighted by molar-refractivity contribution is 7.08. The van der Waals surface area contributed by atoms with Crippen molar-refractivity contribution in [3.8, 4) is 39.5 Å². The number of benzene rings is 1. The first-order valence-electron chi connectivity index (χ1n) is 12.5. The molecule has 5 aromatic heterocycles. The Morgan fingerprint density at radius 1 is 1.00 bits per heavy atom. The lowest BCUT2D eigenvalue weighted by Crippen LogP contribution is -2.25. The highest BCUT2D eigenvalue weighted by Crippen LogP contribution is 2.33. The predicted octanol–water partition coefficient (Wildman–Crippen LogP) is 5.77. The van der Waals surface area contributed by atoms with Gasteiger partial charge in [-0.2, -0.15) is 16.4 Å². The van der Waals surface area contributed by atoms with E-state index >= 15 is 0 Å². The van der Waals surface area contributed by atoms with Crippen LogP contribution >= 0.6 is 11.3 Å². The smallest absolute Gasteiger partial charge is 0.160 e. The first kappa shape index (κ1) is 22.1. The van der Waals surface area contributed by atoms with Gasteiger partial charge in [0.2, 0.25) is 0 Å². The van der Waals surface area contributed by atoms with Crippen LogP contribution in [0.3, 0.4) is 0 Å². The predicted molar refractivity (Wildman–Crippen MR) is 147 cm³/mol. The van der Waals surface area contributed by atoms with Gasteiger partial charge in [-0.25, -0.2) is 9.97 Å². The van der Waals surface area contributed by atoms with Gasteiger partial charge in [-0.15, -0.1) is 0 Å². The van der Waals surface area contributed by atoms with Gasteiger partial charge in [0, 0.05) is 35.5 Å². The Balaban J connectivity index is 1.20. The number of nitrogens with zero attached hydrogens (tertiary/aromatic N) is 5. The summed E-state index contributed by atoms with van der Waals surface area (Å²) in [7, 11) is 0.